The number of amides is 7. The molecule has 0 aliphatic heterocycles. The molecule has 1 aromatic heterocycles. The summed E-state index contributed by atoms with van der Waals surface area (Å²) in [4.78, 5) is 124. The molecule has 0 radical (unpaired) electrons. The van der Waals surface area contributed by atoms with E-state index in [-0.39, 0.29) is 49.9 Å². The van der Waals surface area contributed by atoms with Crippen LogP contribution < -0.4 is 43.0 Å². The summed E-state index contributed by atoms with van der Waals surface area (Å²) in [5.41, 5.74) is 6.11. The molecule has 0 fully saturated rings. The number of nitrogens with one attached hydrogen (secondary N) is 8. The van der Waals surface area contributed by atoms with Gasteiger partial charge in [-0.2, -0.15) is 0 Å². The van der Waals surface area contributed by atoms with Gasteiger partial charge in [0, 0.05) is 24.7 Å². The molecule has 23 heteroatoms. The van der Waals surface area contributed by atoms with Gasteiger partial charge >= 0.3 is 11.9 Å². The predicted octanol–water partition coefficient (Wildman–Crippen LogP) is -2.21. The molecule has 0 saturated heterocycles. The third-order valence-electron chi connectivity index (χ3n) is 9.74. The number of nitrogens with zero attached hydrogens (tertiary/aromatic N) is 1. The molecular formula is C41H70N10O13. The fraction of sp³-hybridized carbons (Fsp3) is 0.707. The largest absolute Gasteiger partial charge is 0.481 e. The SMILES string of the molecule is CC(C)CC(NC(=O)C(NC(=O)C(CC(C)C)NC(=O)C(Cc1cnc[nH]1)NC(=O)C(CC(C)C)NC(=O)C(NC(=O)C(CO)NC(=O)C(N)CCC(=O)O)C(C)O)C(C)C)C(=O)O. The van der Waals surface area contributed by atoms with Gasteiger partial charge in [-0.05, 0) is 56.3 Å². The summed E-state index contributed by atoms with van der Waals surface area (Å²) in [6.45, 7) is 14.2. The van der Waals surface area contributed by atoms with Crippen molar-refractivity contribution in [1.82, 2.24) is 47.2 Å². The first kappa shape index (κ1) is 56.3. The van der Waals surface area contributed by atoms with E-state index in [4.69, 9.17) is 10.8 Å². The number of hydrogen-bond donors (Lipinski definition) is 13. The molecule has 1 rings (SSSR count). The van der Waals surface area contributed by atoms with E-state index >= 15 is 0 Å². The van der Waals surface area contributed by atoms with Gasteiger partial charge in [0.05, 0.1) is 25.1 Å². The molecule has 23 nitrogen and oxygen atoms in total. The van der Waals surface area contributed by atoms with Gasteiger partial charge in [0.2, 0.25) is 41.4 Å². The monoisotopic (exact) mass is 911 g/mol. The standard InChI is InChI=1S/C41H70N10O13/c1-19(2)12-26(47-40(62)33(23(9)53)51-38(60)30(17-52)49-34(56)25(42)10-11-31(54)55)35(57)46-28(15-24-16-43-18-44-24)36(58)45-27(13-20(3)4)37(59)50-32(22(7)8)39(61)48-29(41(63)64)14-21(5)6/h16,18-23,25-30,32-33,52-53H,10-15,17,42H2,1-9H3,(H,43,44)(H,45,58)(H,46,57)(H,47,62)(H,48,61)(H,49,56)(H,50,59)(H,51,60)(H,54,55)(H,63,64). The Hall–Kier alpha value is -5.68. The fourth-order valence-electron chi connectivity index (χ4n) is 6.32. The van der Waals surface area contributed by atoms with Gasteiger partial charge in [-0.1, -0.05) is 55.4 Å². The molecule has 0 aromatic carbocycles. The minimum absolute atomic E-state index is 0.00304. The van der Waals surface area contributed by atoms with Crippen LogP contribution in [0.25, 0.3) is 0 Å². The molecule has 362 valence electrons. The van der Waals surface area contributed by atoms with Crippen molar-refractivity contribution in [1.29, 1.82) is 0 Å². The Morgan fingerprint density at radius 2 is 1.02 bits per heavy atom. The molecule has 0 bridgehead atoms. The minimum Gasteiger partial charge on any atom is -0.481 e. The Bertz CT molecular complexity index is 1720. The maximum atomic E-state index is 14.1. The van der Waals surface area contributed by atoms with E-state index in [9.17, 15) is 58.5 Å². The van der Waals surface area contributed by atoms with Crippen molar-refractivity contribution in [2.75, 3.05) is 6.61 Å². The third-order valence-corrected chi connectivity index (χ3v) is 9.74. The summed E-state index contributed by atoms with van der Waals surface area (Å²) in [7, 11) is 0. The predicted molar refractivity (Wildman–Crippen MR) is 230 cm³/mol. The van der Waals surface area contributed by atoms with Crippen LogP contribution in [0.2, 0.25) is 0 Å². The molecular weight excluding hydrogens is 841 g/mol. The van der Waals surface area contributed by atoms with Crippen LogP contribution in [-0.2, 0) is 49.6 Å². The summed E-state index contributed by atoms with van der Waals surface area (Å²) in [6.07, 6.45) is 0.540. The van der Waals surface area contributed by atoms with Crippen molar-refractivity contribution < 1.29 is 63.6 Å². The number of aromatic amines is 1. The second-order valence-electron chi connectivity index (χ2n) is 17.5. The maximum absolute atomic E-state index is 14.1. The Kier molecular flexibility index (Phi) is 24.2. The highest BCUT2D eigenvalue weighted by atomic mass is 16.4. The summed E-state index contributed by atoms with van der Waals surface area (Å²) in [5, 5.41) is 56.3. The van der Waals surface area contributed by atoms with Crippen LogP contribution in [0.15, 0.2) is 12.5 Å². The number of H-pyrrole nitrogens is 1. The molecule has 1 aromatic rings. The first-order valence-electron chi connectivity index (χ1n) is 21.4. The molecule has 0 spiro atoms. The molecule has 0 aliphatic rings. The van der Waals surface area contributed by atoms with Crippen molar-refractivity contribution >= 4 is 53.3 Å². The van der Waals surface area contributed by atoms with Crippen LogP contribution in [0.1, 0.15) is 100 Å². The van der Waals surface area contributed by atoms with E-state index in [0.717, 1.165) is 0 Å². The highest BCUT2D eigenvalue weighted by Gasteiger charge is 2.36. The fourth-order valence-corrected chi connectivity index (χ4v) is 6.32. The van der Waals surface area contributed by atoms with Gasteiger partial charge in [0.25, 0.3) is 0 Å². The average Bonchev–Trinajstić information content (AvgIpc) is 3.70. The van der Waals surface area contributed by atoms with Crippen LogP contribution in [0.3, 0.4) is 0 Å². The number of carboxylic acid groups (broad SMARTS) is 2. The van der Waals surface area contributed by atoms with Crippen molar-refractivity contribution in [3.05, 3.63) is 18.2 Å². The number of carbonyl (C=O) groups excluding carboxylic acids is 7. The van der Waals surface area contributed by atoms with Gasteiger partial charge in [0.1, 0.15) is 42.3 Å². The molecule has 9 atom stereocenters. The number of aliphatic carboxylic acids is 2. The first-order valence-corrected chi connectivity index (χ1v) is 21.4. The second kappa shape index (κ2) is 27.5. The Labute approximate surface area is 373 Å². The zero-order valence-corrected chi connectivity index (χ0v) is 38.1. The van der Waals surface area contributed by atoms with Crippen LogP contribution >= 0.6 is 0 Å². The lowest BCUT2D eigenvalue weighted by molar-refractivity contribution is -0.143. The third kappa shape index (κ3) is 20.2. The van der Waals surface area contributed by atoms with Crippen molar-refractivity contribution in [2.45, 2.75) is 155 Å². The molecule has 0 aliphatic carbocycles. The molecule has 14 N–H and O–H groups in total. The number of carboxylic acids is 2. The molecule has 0 saturated carbocycles. The number of aliphatic hydroxyl groups is 2. The normalized spacial score (nSPS) is 15.7. The van der Waals surface area contributed by atoms with E-state index in [0.29, 0.717) is 5.69 Å². The number of imidazole rings is 1. The number of rotatable bonds is 29. The Balaban J connectivity index is 3.37. The maximum Gasteiger partial charge on any atom is 0.326 e. The molecule has 64 heavy (non-hydrogen) atoms. The zero-order chi connectivity index (χ0) is 49.0. The van der Waals surface area contributed by atoms with E-state index in [1.165, 1.54) is 19.4 Å². The smallest absolute Gasteiger partial charge is 0.326 e. The second-order valence-corrected chi connectivity index (χ2v) is 17.5. The van der Waals surface area contributed by atoms with Gasteiger partial charge in [-0.15, -0.1) is 0 Å². The Morgan fingerprint density at radius 3 is 1.47 bits per heavy atom. The average molecular weight is 911 g/mol. The van der Waals surface area contributed by atoms with Crippen LogP contribution in [0.5, 0.6) is 0 Å². The highest BCUT2D eigenvalue weighted by Crippen LogP contribution is 2.13. The van der Waals surface area contributed by atoms with Crippen molar-refractivity contribution in [3.8, 4) is 0 Å². The molecule has 7 amide bonds. The lowest BCUT2D eigenvalue weighted by atomic mass is 9.98. The van der Waals surface area contributed by atoms with E-state index in [2.05, 4.69) is 47.2 Å². The summed E-state index contributed by atoms with van der Waals surface area (Å²) >= 11 is 0. The van der Waals surface area contributed by atoms with Crippen molar-refractivity contribution in [2.24, 2.45) is 29.4 Å². The lowest BCUT2D eigenvalue weighted by Crippen LogP contribution is -2.62. The van der Waals surface area contributed by atoms with Crippen molar-refractivity contribution in [3.63, 3.8) is 0 Å². The molecule has 1 heterocycles. The van der Waals surface area contributed by atoms with Gasteiger partial charge in [0.15, 0.2) is 0 Å². The molecule has 9 unspecified atom stereocenters. The zero-order valence-electron chi connectivity index (χ0n) is 38.1. The number of hydrogen-bond acceptors (Lipinski definition) is 13. The first-order chi connectivity index (χ1) is 29.8. The quantitative estimate of drug-likeness (QED) is 0.0405. The van der Waals surface area contributed by atoms with Gasteiger partial charge < -0.3 is 68.4 Å². The van der Waals surface area contributed by atoms with Crippen LogP contribution in [-0.4, -0.2) is 145 Å². The highest BCUT2D eigenvalue weighted by molar-refractivity contribution is 5.98. The summed E-state index contributed by atoms with van der Waals surface area (Å²) in [6, 6.07) is -11.1. The lowest BCUT2D eigenvalue weighted by Gasteiger charge is -2.29. The minimum atomic E-state index is -1.73. The number of aromatic nitrogens is 2. The van der Waals surface area contributed by atoms with Gasteiger partial charge in [-0.25, -0.2) is 9.78 Å². The van der Waals surface area contributed by atoms with Crippen LogP contribution in [0, 0.1) is 23.7 Å². The topological polar surface area (TPSA) is 373 Å². The summed E-state index contributed by atoms with van der Waals surface area (Å²) in [5.74, 6) is -9.64. The van der Waals surface area contributed by atoms with E-state index in [1.807, 2.05) is 0 Å². The summed E-state index contributed by atoms with van der Waals surface area (Å²) < 4.78 is 0. The van der Waals surface area contributed by atoms with Gasteiger partial charge in [-0.3, -0.25) is 38.4 Å². The van der Waals surface area contributed by atoms with E-state index in [1.54, 1.807) is 55.4 Å². The number of nitrogens with two attached hydrogens (primary N) is 1. The number of aliphatic hydroxyl groups excluding tert-OH is 2. The number of carbonyl (C=O) groups is 9. The van der Waals surface area contributed by atoms with E-state index < -0.39 is 127 Å². The van der Waals surface area contributed by atoms with Crippen LogP contribution in [0.4, 0.5) is 0 Å². The Morgan fingerprint density at radius 1 is 0.594 bits per heavy atom.